The second-order valence-corrected chi connectivity index (χ2v) is 12.1. The number of nitrogens with one attached hydrogen (secondary N) is 1. The molecule has 4 nitrogen and oxygen atoms in total. The van der Waals surface area contributed by atoms with E-state index >= 15 is 0 Å². The van der Waals surface area contributed by atoms with Gasteiger partial charge >= 0.3 is 0 Å². The molecule has 0 aliphatic carbocycles. The van der Waals surface area contributed by atoms with Gasteiger partial charge in [0.15, 0.2) is 11.7 Å². The average molecular weight is 639 g/mol. The van der Waals surface area contributed by atoms with E-state index in [9.17, 15) is 5.26 Å². The Balaban J connectivity index is 1.29. The van der Waals surface area contributed by atoms with Crippen LogP contribution in [0.15, 0.2) is 180 Å². The predicted octanol–water partition coefficient (Wildman–Crippen LogP) is 11.2. The van der Waals surface area contributed by atoms with E-state index in [0.717, 1.165) is 54.9 Å². The second kappa shape index (κ2) is 13.3. The third-order valence-corrected chi connectivity index (χ3v) is 9.10. The lowest BCUT2D eigenvalue weighted by Crippen LogP contribution is -2.06. The van der Waals surface area contributed by atoms with Crippen LogP contribution in [0.5, 0.6) is 0 Å². The largest absolute Gasteiger partial charge is 0.282 e. The van der Waals surface area contributed by atoms with Crippen LogP contribution in [0.4, 0.5) is 0 Å². The van der Waals surface area contributed by atoms with Gasteiger partial charge in [-0.25, -0.2) is 9.98 Å². The van der Waals surface area contributed by atoms with Gasteiger partial charge in [0.2, 0.25) is 0 Å². The Bertz CT molecular complexity index is 2640. The summed E-state index contributed by atoms with van der Waals surface area (Å²) < 4.78 is 0. The van der Waals surface area contributed by atoms with Crippen molar-refractivity contribution in [3.63, 3.8) is 0 Å². The minimum atomic E-state index is 0.111. The summed E-state index contributed by atoms with van der Waals surface area (Å²) >= 11 is 0. The van der Waals surface area contributed by atoms with Crippen molar-refractivity contribution >= 4 is 50.2 Å². The highest BCUT2D eigenvalue weighted by molar-refractivity contribution is 6.22. The molecule has 8 rings (SSSR count). The van der Waals surface area contributed by atoms with Crippen LogP contribution in [0.2, 0.25) is 0 Å². The molecule has 0 aromatic heterocycles. The van der Waals surface area contributed by atoms with E-state index < -0.39 is 0 Å². The SMILES string of the molecule is N#Cc1ccc(-c2ccccc2C(N=Cc2c3ccccc3cc3c2ccc2ccccc23)=NC(=N)c2ccc(-c3ccccc3)cc2)cc1. The Morgan fingerprint density at radius 2 is 1.18 bits per heavy atom. The van der Waals surface area contributed by atoms with E-state index in [1.807, 2.05) is 97.2 Å². The van der Waals surface area contributed by atoms with Gasteiger partial charge in [0, 0.05) is 22.9 Å². The molecule has 0 atom stereocenters. The molecule has 0 spiro atoms. The zero-order valence-electron chi connectivity index (χ0n) is 27.1. The topological polar surface area (TPSA) is 72.4 Å². The minimum Gasteiger partial charge on any atom is -0.282 e. The molecule has 0 saturated heterocycles. The number of nitriles is 1. The van der Waals surface area contributed by atoms with Gasteiger partial charge in [-0.3, -0.25) is 5.41 Å². The highest BCUT2D eigenvalue weighted by Crippen LogP contribution is 2.33. The molecular weight excluding hydrogens is 609 g/mol. The van der Waals surface area contributed by atoms with Crippen molar-refractivity contribution in [2.45, 2.75) is 0 Å². The summed E-state index contributed by atoms with van der Waals surface area (Å²) in [5, 5.41) is 25.4. The lowest BCUT2D eigenvalue weighted by Gasteiger charge is -2.13. The second-order valence-electron chi connectivity index (χ2n) is 12.1. The lowest BCUT2D eigenvalue weighted by atomic mass is 9.94. The molecule has 1 N–H and O–H groups in total. The predicted molar refractivity (Wildman–Crippen MR) is 208 cm³/mol. The zero-order valence-corrected chi connectivity index (χ0v) is 27.1. The normalized spacial score (nSPS) is 11.7. The van der Waals surface area contributed by atoms with Gasteiger partial charge in [-0.05, 0) is 72.8 Å². The van der Waals surface area contributed by atoms with Crippen molar-refractivity contribution in [2.75, 3.05) is 0 Å². The van der Waals surface area contributed by atoms with Crippen LogP contribution >= 0.6 is 0 Å². The Labute approximate surface area is 290 Å². The maximum absolute atomic E-state index is 9.41. The van der Waals surface area contributed by atoms with Gasteiger partial charge in [-0.2, -0.15) is 5.26 Å². The fourth-order valence-electron chi connectivity index (χ4n) is 6.55. The molecule has 0 bridgehead atoms. The van der Waals surface area contributed by atoms with Crippen molar-refractivity contribution < 1.29 is 0 Å². The maximum Gasteiger partial charge on any atom is 0.162 e. The molecule has 0 radical (unpaired) electrons. The zero-order chi connectivity index (χ0) is 33.9. The third-order valence-electron chi connectivity index (χ3n) is 9.10. The highest BCUT2D eigenvalue weighted by Gasteiger charge is 2.14. The molecule has 0 aliphatic heterocycles. The van der Waals surface area contributed by atoms with Crippen LogP contribution < -0.4 is 0 Å². The molecule has 0 fully saturated rings. The molecule has 0 aliphatic rings. The fourth-order valence-corrected chi connectivity index (χ4v) is 6.55. The Morgan fingerprint density at radius 3 is 1.96 bits per heavy atom. The smallest absolute Gasteiger partial charge is 0.162 e. The summed E-state index contributed by atoms with van der Waals surface area (Å²) in [4.78, 5) is 10.0. The number of hydrogen-bond donors (Lipinski definition) is 1. The standard InChI is InChI=1S/C46H30N4/c47-29-31-18-20-35(21-19-31)38-14-8-9-17-42(38)46(50-45(48)36-24-22-33(23-25-36)32-10-2-1-3-11-32)49-30-44-40-16-7-5-13-37(40)28-43-39-15-6-4-12-34(39)26-27-41(43)44/h1-28,30,48H. The van der Waals surface area contributed by atoms with Gasteiger partial charge in [0.05, 0.1) is 11.6 Å². The molecule has 50 heavy (non-hydrogen) atoms. The average Bonchev–Trinajstić information content (AvgIpc) is 3.19. The van der Waals surface area contributed by atoms with E-state index in [1.54, 1.807) is 0 Å². The Hall–Kier alpha value is -6.96. The molecule has 0 saturated carbocycles. The van der Waals surface area contributed by atoms with Crippen molar-refractivity contribution in [3.8, 4) is 28.3 Å². The molecule has 234 valence electrons. The summed E-state index contributed by atoms with van der Waals surface area (Å²) in [6.45, 7) is 0. The van der Waals surface area contributed by atoms with Crippen LogP contribution in [0, 0.1) is 16.7 Å². The first-order chi connectivity index (χ1) is 24.7. The first-order valence-corrected chi connectivity index (χ1v) is 16.5. The summed E-state index contributed by atoms with van der Waals surface area (Å²) in [5.41, 5.74) is 7.10. The van der Waals surface area contributed by atoms with Gasteiger partial charge in [0.1, 0.15) is 0 Å². The first kappa shape index (κ1) is 30.4. The van der Waals surface area contributed by atoms with Gasteiger partial charge in [-0.15, -0.1) is 0 Å². The van der Waals surface area contributed by atoms with Crippen LogP contribution in [0.1, 0.15) is 22.3 Å². The highest BCUT2D eigenvalue weighted by atomic mass is 14.9. The molecule has 0 heterocycles. The number of nitrogens with zero attached hydrogens (tertiary/aromatic N) is 3. The van der Waals surface area contributed by atoms with Gasteiger partial charge < -0.3 is 0 Å². The van der Waals surface area contributed by atoms with Crippen molar-refractivity contribution in [1.29, 1.82) is 10.7 Å². The van der Waals surface area contributed by atoms with Crippen LogP contribution in [0.25, 0.3) is 54.6 Å². The van der Waals surface area contributed by atoms with E-state index in [1.165, 1.54) is 10.8 Å². The Morgan fingerprint density at radius 1 is 0.540 bits per heavy atom. The quantitative estimate of drug-likeness (QED) is 0.0866. The van der Waals surface area contributed by atoms with E-state index in [2.05, 4.69) is 84.9 Å². The summed E-state index contributed by atoms with van der Waals surface area (Å²) in [5.74, 6) is 0.532. The minimum absolute atomic E-state index is 0.111. The molecule has 8 aromatic carbocycles. The Kier molecular flexibility index (Phi) is 8.06. The molecule has 0 unspecified atom stereocenters. The van der Waals surface area contributed by atoms with Crippen LogP contribution in [-0.4, -0.2) is 17.9 Å². The molecule has 0 amide bonds. The van der Waals surface area contributed by atoms with Crippen LogP contribution in [0.3, 0.4) is 0 Å². The number of amidine groups is 2. The van der Waals surface area contributed by atoms with E-state index in [-0.39, 0.29) is 5.84 Å². The summed E-state index contributed by atoms with van der Waals surface area (Å²) in [6, 6.07) is 59.2. The summed E-state index contributed by atoms with van der Waals surface area (Å²) in [6.07, 6.45) is 1.90. The third kappa shape index (κ3) is 5.85. The fraction of sp³-hybridized carbons (Fsp3) is 0. The maximum atomic E-state index is 9.41. The molecular formula is C46H30N4. The number of benzene rings is 8. The molecule has 8 aromatic rings. The van der Waals surface area contributed by atoms with Crippen molar-refractivity contribution in [2.24, 2.45) is 9.98 Å². The first-order valence-electron chi connectivity index (χ1n) is 16.5. The van der Waals surface area contributed by atoms with E-state index in [0.29, 0.717) is 17.0 Å². The molecule has 4 heteroatoms. The summed E-state index contributed by atoms with van der Waals surface area (Å²) in [7, 11) is 0. The van der Waals surface area contributed by atoms with E-state index in [4.69, 9.17) is 15.4 Å². The van der Waals surface area contributed by atoms with Gasteiger partial charge in [0.25, 0.3) is 0 Å². The monoisotopic (exact) mass is 638 g/mol. The van der Waals surface area contributed by atoms with Crippen molar-refractivity contribution in [1.82, 2.24) is 0 Å². The number of rotatable bonds is 5. The number of hydrogen-bond acceptors (Lipinski definition) is 2. The number of fused-ring (bicyclic) bond motifs is 4. The number of aliphatic imine (C=N–C) groups is 2. The van der Waals surface area contributed by atoms with Gasteiger partial charge in [-0.1, -0.05) is 152 Å². The lowest BCUT2D eigenvalue weighted by molar-refractivity contribution is 1.39. The van der Waals surface area contributed by atoms with Crippen molar-refractivity contribution in [3.05, 3.63) is 192 Å². The van der Waals surface area contributed by atoms with Crippen LogP contribution in [-0.2, 0) is 0 Å².